The summed E-state index contributed by atoms with van der Waals surface area (Å²) in [4.78, 5) is 0. The van der Waals surface area contributed by atoms with E-state index >= 15 is 0 Å². The van der Waals surface area contributed by atoms with Crippen LogP contribution in [0.2, 0.25) is 0 Å². The normalized spacial score (nSPS) is 39.8. The second-order valence-electron chi connectivity index (χ2n) is 6.92. The first-order valence-electron chi connectivity index (χ1n) is 7.50. The minimum atomic E-state index is 0.943. The summed E-state index contributed by atoms with van der Waals surface area (Å²) in [6.07, 6.45) is 8.87. The largest absolute Gasteiger partial charge is 0.0547 e. The molecule has 0 aromatic heterocycles. The van der Waals surface area contributed by atoms with Crippen molar-refractivity contribution in [2.45, 2.75) is 69.1 Å². The SMILES string of the molecule is Cc1c2c(cc3c1[C@H]1CC[C@@H]3C1)[C@@H]1CC[C@H]2C1. The fourth-order valence-corrected chi connectivity index (χ4v) is 5.71. The molecule has 0 saturated heterocycles. The van der Waals surface area contributed by atoms with Gasteiger partial charge in [-0.2, -0.15) is 0 Å². The molecule has 0 heteroatoms. The maximum absolute atomic E-state index is 2.66. The molecule has 5 rings (SSSR count). The highest BCUT2D eigenvalue weighted by Crippen LogP contribution is 2.60. The Balaban J connectivity index is 1.82. The van der Waals surface area contributed by atoms with E-state index in [4.69, 9.17) is 0 Å². The Labute approximate surface area is 103 Å². The Hall–Kier alpha value is -0.780. The molecule has 4 atom stereocenters. The Morgan fingerprint density at radius 1 is 0.765 bits per heavy atom. The molecule has 0 radical (unpaired) electrons. The molecule has 2 fully saturated rings. The molecule has 1 aromatic carbocycles. The lowest BCUT2D eigenvalue weighted by atomic mass is 9.80. The number of rotatable bonds is 0. The number of hydrogen-bond donors (Lipinski definition) is 0. The Morgan fingerprint density at radius 2 is 1.24 bits per heavy atom. The van der Waals surface area contributed by atoms with E-state index in [1.165, 1.54) is 38.5 Å². The van der Waals surface area contributed by atoms with Crippen molar-refractivity contribution in [3.8, 4) is 0 Å². The topological polar surface area (TPSA) is 0 Å². The molecule has 4 bridgehead atoms. The van der Waals surface area contributed by atoms with Gasteiger partial charge in [0.25, 0.3) is 0 Å². The first-order valence-corrected chi connectivity index (χ1v) is 7.50. The lowest BCUT2D eigenvalue weighted by molar-refractivity contribution is 0.683. The molecule has 88 valence electrons. The molecular weight excluding hydrogens is 204 g/mol. The van der Waals surface area contributed by atoms with E-state index in [0.29, 0.717) is 0 Å². The summed E-state index contributed by atoms with van der Waals surface area (Å²) in [6.45, 7) is 2.44. The minimum absolute atomic E-state index is 0.943. The van der Waals surface area contributed by atoms with Gasteiger partial charge in [-0.25, -0.2) is 0 Å². The van der Waals surface area contributed by atoms with E-state index in [1.54, 1.807) is 16.7 Å². The number of hydrogen-bond acceptors (Lipinski definition) is 0. The Bertz CT molecular complexity index is 481. The third-order valence-electron chi connectivity index (χ3n) is 6.30. The van der Waals surface area contributed by atoms with Gasteiger partial charge in [-0.15, -0.1) is 0 Å². The van der Waals surface area contributed by atoms with Crippen LogP contribution < -0.4 is 0 Å². The summed E-state index contributed by atoms with van der Waals surface area (Å²) in [5, 5.41) is 0. The van der Waals surface area contributed by atoms with Crippen molar-refractivity contribution in [2.75, 3.05) is 0 Å². The van der Waals surface area contributed by atoms with Crippen LogP contribution in [0.4, 0.5) is 0 Å². The standard InChI is InChI=1S/C17H20/c1-9-16-12-4-2-10(6-12)14(16)8-15-11-3-5-13(7-11)17(9)15/h8,10-13H,2-7H2,1H3/t10-,11-,12+,13+/m1/s1. The van der Waals surface area contributed by atoms with Crippen molar-refractivity contribution in [3.05, 3.63) is 33.9 Å². The van der Waals surface area contributed by atoms with Crippen LogP contribution in [0, 0.1) is 6.92 Å². The van der Waals surface area contributed by atoms with Crippen LogP contribution in [0.5, 0.6) is 0 Å². The predicted molar refractivity (Wildman–Crippen MR) is 69.8 cm³/mol. The van der Waals surface area contributed by atoms with Gasteiger partial charge in [0.15, 0.2) is 0 Å². The van der Waals surface area contributed by atoms with Crippen molar-refractivity contribution in [2.24, 2.45) is 0 Å². The van der Waals surface area contributed by atoms with Gasteiger partial charge >= 0.3 is 0 Å². The quantitative estimate of drug-likeness (QED) is 0.598. The van der Waals surface area contributed by atoms with Gasteiger partial charge in [-0.05, 0) is 96.9 Å². The maximum atomic E-state index is 2.66. The van der Waals surface area contributed by atoms with E-state index in [0.717, 1.165) is 23.7 Å². The summed E-state index contributed by atoms with van der Waals surface area (Å²) in [5.74, 6) is 3.77. The predicted octanol–water partition coefficient (Wildman–Crippen LogP) is 4.72. The van der Waals surface area contributed by atoms with Crippen LogP contribution in [-0.4, -0.2) is 0 Å². The molecule has 0 N–H and O–H groups in total. The highest BCUT2D eigenvalue weighted by atomic mass is 14.5. The molecule has 1 aromatic rings. The summed E-state index contributed by atoms with van der Waals surface area (Å²) in [6, 6.07) is 2.66. The fourth-order valence-electron chi connectivity index (χ4n) is 5.71. The zero-order chi connectivity index (χ0) is 11.1. The van der Waals surface area contributed by atoms with E-state index in [-0.39, 0.29) is 0 Å². The van der Waals surface area contributed by atoms with Gasteiger partial charge < -0.3 is 0 Å². The van der Waals surface area contributed by atoms with E-state index in [9.17, 15) is 0 Å². The van der Waals surface area contributed by atoms with E-state index < -0.39 is 0 Å². The second kappa shape index (κ2) is 2.79. The summed E-state index contributed by atoms with van der Waals surface area (Å²) in [5.41, 5.74) is 8.92. The average molecular weight is 224 g/mol. The lowest BCUT2D eigenvalue weighted by Gasteiger charge is -2.25. The van der Waals surface area contributed by atoms with Gasteiger partial charge in [0.2, 0.25) is 0 Å². The average Bonchev–Trinajstić information content (AvgIpc) is 3.08. The van der Waals surface area contributed by atoms with E-state index in [1.807, 2.05) is 11.1 Å². The van der Waals surface area contributed by atoms with E-state index in [2.05, 4.69) is 13.0 Å². The van der Waals surface area contributed by atoms with Crippen LogP contribution in [-0.2, 0) is 0 Å². The molecule has 0 aliphatic heterocycles. The van der Waals surface area contributed by atoms with Gasteiger partial charge in [-0.1, -0.05) is 6.07 Å². The smallest absolute Gasteiger partial charge is 0.0150 e. The van der Waals surface area contributed by atoms with Crippen LogP contribution >= 0.6 is 0 Å². The summed E-state index contributed by atoms with van der Waals surface area (Å²) >= 11 is 0. The molecule has 17 heavy (non-hydrogen) atoms. The Morgan fingerprint density at radius 3 is 1.76 bits per heavy atom. The molecule has 0 amide bonds. The van der Waals surface area contributed by atoms with Gasteiger partial charge in [-0.3, -0.25) is 0 Å². The van der Waals surface area contributed by atoms with Crippen LogP contribution in [0.1, 0.15) is 90.0 Å². The zero-order valence-corrected chi connectivity index (χ0v) is 10.6. The van der Waals surface area contributed by atoms with Crippen molar-refractivity contribution in [1.82, 2.24) is 0 Å². The van der Waals surface area contributed by atoms with Crippen LogP contribution in [0.15, 0.2) is 6.07 Å². The highest BCUT2D eigenvalue weighted by Gasteiger charge is 2.44. The maximum Gasteiger partial charge on any atom is -0.0150 e. The van der Waals surface area contributed by atoms with Gasteiger partial charge in [0.1, 0.15) is 0 Å². The Kier molecular flexibility index (Phi) is 1.51. The van der Waals surface area contributed by atoms with Crippen molar-refractivity contribution >= 4 is 0 Å². The lowest BCUT2D eigenvalue weighted by Crippen LogP contribution is -2.08. The first-order chi connectivity index (χ1) is 8.33. The molecule has 4 aliphatic rings. The summed E-state index contributed by atoms with van der Waals surface area (Å²) < 4.78 is 0. The first kappa shape index (κ1) is 9.19. The summed E-state index contributed by atoms with van der Waals surface area (Å²) in [7, 11) is 0. The zero-order valence-electron chi connectivity index (χ0n) is 10.6. The molecule has 0 spiro atoms. The second-order valence-corrected chi connectivity index (χ2v) is 6.92. The molecule has 4 aliphatic carbocycles. The number of fused-ring (bicyclic) bond motifs is 10. The third kappa shape index (κ3) is 0.939. The van der Waals surface area contributed by atoms with Crippen LogP contribution in [0.25, 0.3) is 0 Å². The third-order valence-corrected chi connectivity index (χ3v) is 6.30. The van der Waals surface area contributed by atoms with Gasteiger partial charge in [0.05, 0.1) is 0 Å². The van der Waals surface area contributed by atoms with Crippen molar-refractivity contribution in [3.63, 3.8) is 0 Å². The molecule has 0 nitrogen and oxygen atoms in total. The van der Waals surface area contributed by atoms with Gasteiger partial charge in [0, 0.05) is 0 Å². The fraction of sp³-hybridized carbons (Fsp3) is 0.647. The molecular formula is C17H20. The molecule has 0 unspecified atom stereocenters. The van der Waals surface area contributed by atoms with Crippen LogP contribution in [0.3, 0.4) is 0 Å². The molecule has 2 saturated carbocycles. The number of benzene rings is 1. The van der Waals surface area contributed by atoms with Crippen molar-refractivity contribution < 1.29 is 0 Å². The highest BCUT2D eigenvalue weighted by molar-refractivity contribution is 5.57. The monoisotopic (exact) mass is 224 g/mol. The minimum Gasteiger partial charge on any atom is -0.0547 e. The molecule has 0 heterocycles. The van der Waals surface area contributed by atoms with Crippen molar-refractivity contribution in [1.29, 1.82) is 0 Å².